The van der Waals surface area contributed by atoms with E-state index in [0.717, 1.165) is 12.1 Å². The normalized spacial score (nSPS) is 19.2. The Labute approximate surface area is 207 Å². The number of halogens is 4. The molecule has 2 aromatic rings. The molecule has 0 unspecified atom stereocenters. The van der Waals surface area contributed by atoms with Gasteiger partial charge < -0.3 is 21.1 Å². The number of aliphatic hydroxyl groups is 1. The van der Waals surface area contributed by atoms with E-state index in [1.54, 1.807) is 25.7 Å². The number of piperidine rings is 1. The first kappa shape index (κ1) is 27.6. The van der Waals surface area contributed by atoms with E-state index in [1.165, 1.54) is 18.5 Å². The summed E-state index contributed by atoms with van der Waals surface area (Å²) in [5, 5.41) is 13.6. The summed E-state index contributed by atoms with van der Waals surface area (Å²) in [7, 11) is 0. The van der Waals surface area contributed by atoms with Gasteiger partial charge in [-0.15, -0.1) is 0 Å². The number of hydrogen-bond acceptors (Lipinski definition) is 7. The second kappa shape index (κ2) is 11.0. The summed E-state index contributed by atoms with van der Waals surface area (Å²) in [6.07, 6.45) is -3.39. The lowest BCUT2D eigenvalue weighted by Gasteiger charge is -2.43. The second-order valence-corrected chi connectivity index (χ2v) is 9.44. The van der Waals surface area contributed by atoms with Gasteiger partial charge in [-0.2, -0.15) is 17.6 Å². The Kier molecular flexibility index (Phi) is 8.40. The summed E-state index contributed by atoms with van der Waals surface area (Å²) >= 11 is 0. The van der Waals surface area contributed by atoms with Crippen LogP contribution in [0.15, 0.2) is 30.6 Å². The molecule has 3 rings (SSSR count). The third kappa shape index (κ3) is 6.22. The minimum atomic E-state index is -4.43. The van der Waals surface area contributed by atoms with E-state index in [1.807, 2.05) is 4.90 Å². The molecule has 0 spiro atoms. The standard InChI is InChI=1S/C24H32F4N6O2/c1-4-33(12-15-5-7-17(8-6-15)24(26,27)28)21-19(25)20(31-14-32-21)30-11-16-9-10-34(13-18(16)35)23(2,3)22(29)36/h5-8,14,16,18,35H,4,9-13H2,1-3H3,(H2,29,36)(H,30,31,32)/t16-,18+/m1/s1. The van der Waals surface area contributed by atoms with E-state index in [-0.39, 0.29) is 37.2 Å². The Hall–Kier alpha value is -2.99. The average molecular weight is 513 g/mol. The number of hydrogen-bond donors (Lipinski definition) is 3. The molecular weight excluding hydrogens is 480 g/mol. The fourth-order valence-corrected chi connectivity index (χ4v) is 4.17. The van der Waals surface area contributed by atoms with Crippen molar-refractivity contribution in [3.8, 4) is 0 Å². The topological polar surface area (TPSA) is 108 Å². The fourth-order valence-electron chi connectivity index (χ4n) is 4.17. The van der Waals surface area contributed by atoms with Crippen molar-refractivity contribution in [2.45, 2.75) is 51.6 Å². The average Bonchev–Trinajstić information content (AvgIpc) is 2.82. The van der Waals surface area contributed by atoms with Crippen LogP contribution in [0.3, 0.4) is 0 Å². The summed E-state index contributed by atoms with van der Waals surface area (Å²) < 4.78 is 53.8. The summed E-state index contributed by atoms with van der Waals surface area (Å²) in [6, 6.07) is 4.70. The number of amides is 1. The number of aliphatic hydroxyl groups excluding tert-OH is 1. The number of carbonyl (C=O) groups is 1. The van der Waals surface area contributed by atoms with Crippen molar-refractivity contribution in [2.24, 2.45) is 11.7 Å². The molecule has 0 saturated carbocycles. The van der Waals surface area contributed by atoms with E-state index in [9.17, 15) is 23.1 Å². The van der Waals surface area contributed by atoms with E-state index < -0.39 is 35.1 Å². The quantitative estimate of drug-likeness (QED) is 0.444. The Morgan fingerprint density at radius 2 is 1.92 bits per heavy atom. The highest BCUT2D eigenvalue weighted by molar-refractivity contribution is 5.83. The highest BCUT2D eigenvalue weighted by Crippen LogP contribution is 2.30. The van der Waals surface area contributed by atoms with E-state index in [2.05, 4.69) is 15.3 Å². The zero-order valence-electron chi connectivity index (χ0n) is 20.5. The third-order valence-electron chi connectivity index (χ3n) is 6.75. The van der Waals surface area contributed by atoms with Crippen molar-refractivity contribution >= 4 is 17.5 Å². The van der Waals surface area contributed by atoms with Gasteiger partial charge in [-0.3, -0.25) is 9.69 Å². The smallest absolute Gasteiger partial charge is 0.391 e. The molecule has 1 amide bonds. The van der Waals surface area contributed by atoms with Crippen molar-refractivity contribution in [1.82, 2.24) is 14.9 Å². The van der Waals surface area contributed by atoms with Gasteiger partial charge >= 0.3 is 6.18 Å². The third-order valence-corrected chi connectivity index (χ3v) is 6.75. The van der Waals surface area contributed by atoms with Gasteiger partial charge in [0.15, 0.2) is 11.6 Å². The predicted octanol–water partition coefficient (Wildman–Crippen LogP) is 3.02. The Balaban J connectivity index is 1.66. The number of nitrogens with two attached hydrogens (primary N) is 1. The molecule has 1 aliphatic heterocycles. The van der Waals surface area contributed by atoms with E-state index >= 15 is 4.39 Å². The molecule has 8 nitrogen and oxygen atoms in total. The molecular formula is C24H32F4N6O2. The van der Waals surface area contributed by atoms with Crippen LogP contribution in [0.1, 0.15) is 38.3 Å². The van der Waals surface area contributed by atoms with Crippen molar-refractivity contribution < 1.29 is 27.5 Å². The molecule has 1 aromatic heterocycles. The van der Waals surface area contributed by atoms with Crippen LogP contribution in [0.5, 0.6) is 0 Å². The van der Waals surface area contributed by atoms with E-state index in [0.29, 0.717) is 25.1 Å². The van der Waals surface area contributed by atoms with Gasteiger partial charge in [0.2, 0.25) is 11.7 Å². The van der Waals surface area contributed by atoms with Gasteiger partial charge in [0.05, 0.1) is 17.2 Å². The highest BCUT2D eigenvalue weighted by Gasteiger charge is 2.38. The number of nitrogens with one attached hydrogen (secondary N) is 1. The molecule has 1 saturated heterocycles. The van der Waals surface area contributed by atoms with Crippen LogP contribution in [-0.2, 0) is 17.5 Å². The maximum atomic E-state index is 15.3. The van der Waals surface area contributed by atoms with E-state index in [4.69, 9.17) is 5.73 Å². The first-order valence-electron chi connectivity index (χ1n) is 11.7. The summed E-state index contributed by atoms with van der Waals surface area (Å²) in [5.74, 6) is -1.37. The number of aromatic nitrogens is 2. The lowest BCUT2D eigenvalue weighted by atomic mass is 9.89. The minimum absolute atomic E-state index is 0.0217. The number of rotatable bonds is 9. The van der Waals surface area contributed by atoms with Crippen molar-refractivity contribution in [1.29, 1.82) is 0 Å². The SMILES string of the molecule is CCN(Cc1ccc(C(F)(F)F)cc1)c1ncnc(NC[C@H]2CCN(C(C)(C)C(N)=O)C[C@@H]2O)c1F. The lowest BCUT2D eigenvalue weighted by Crippen LogP contribution is -2.59. The van der Waals surface area contributed by atoms with Crippen molar-refractivity contribution in [3.05, 3.63) is 47.5 Å². The zero-order valence-corrected chi connectivity index (χ0v) is 20.5. The van der Waals surface area contributed by atoms with Gasteiger partial charge in [-0.05, 0) is 51.4 Å². The first-order valence-corrected chi connectivity index (χ1v) is 11.7. The Morgan fingerprint density at radius 3 is 2.47 bits per heavy atom. The second-order valence-electron chi connectivity index (χ2n) is 9.44. The Bertz CT molecular complexity index is 1050. The molecule has 0 radical (unpaired) electrons. The molecule has 1 aromatic carbocycles. The largest absolute Gasteiger partial charge is 0.416 e. The fraction of sp³-hybridized carbons (Fsp3) is 0.542. The Morgan fingerprint density at radius 1 is 1.25 bits per heavy atom. The minimum Gasteiger partial charge on any atom is -0.391 e. The van der Waals surface area contributed by atoms with Crippen LogP contribution in [0.25, 0.3) is 0 Å². The van der Waals surface area contributed by atoms with Crippen LogP contribution in [-0.4, -0.2) is 63.7 Å². The monoisotopic (exact) mass is 512 g/mol. The molecule has 2 atom stereocenters. The zero-order chi connectivity index (χ0) is 26.7. The van der Waals surface area contributed by atoms with Crippen LogP contribution in [0.2, 0.25) is 0 Å². The van der Waals surface area contributed by atoms with Crippen LogP contribution < -0.4 is 16.0 Å². The first-order chi connectivity index (χ1) is 16.8. The number of nitrogens with zero attached hydrogens (tertiary/aromatic N) is 4. The summed E-state index contributed by atoms with van der Waals surface area (Å²) in [4.78, 5) is 23.2. The van der Waals surface area contributed by atoms with Crippen LogP contribution in [0.4, 0.5) is 29.2 Å². The number of carbonyl (C=O) groups excluding carboxylic acids is 1. The molecule has 0 aliphatic carbocycles. The molecule has 36 heavy (non-hydrogen) atoms. The number of β-amino-alcohol motifs (C(OH)–C–C–N with tert-alkyl or cyclic N) is 1. The molecule has 1 fully saturated rings. The maximum absolute atomic E-state index is 15.3. The van der Waals surface area contributed by atoms with Gasteiger partial charge in [-0.1, -0.05) is 12.1 Å². The molecule has 12 heteroatoms. The number of likely N-dealkylation sites (tertiary alicyclic amines) is 1. The number of benzene rings is 1. The number of primary amides is 1. The number of alkyl halides is 3. The highest BCUT2D eigenvalue weighted by atomic mass is 19.4. The van der Waals surface area contributed by atoms with Gasteiger partial charge in [0.25, 0.3) is 0 Å². The van der Waals surface area contributed by atoms with Crippen LogP contribution >= 0.6 is 0 Å². The van der Waals surface area contributed by atoms with Crippen molar-refractivity contribution in [3.63, 3.8) is 0 Å². The lowest BCUT2D eigenvalue weighted by molar-refractivity contribution is -0.137. The molecule has 2 heterocycles. The van der Waals surface area contributed by atoms with Gasteiger partial charge in [0.1, 0.15) is 6.33 Å². The molecule has 0 bridgehead atoms. The predicted molar refractivity (Wildman–Crippen MR) is 128 cm³/mol. The number of anilines is 2. The molecule has 1 aliphatic rings. The van der Waals surface area contributed by atoms with Crippen LogP contribution in [0, 0.1) is 11.7 Å². The van der Waals surface area contributed by atoms with Gasteiger partial charge in [-0.25, -0.2) is 9.97 Å². The summed E-state index contributed by atoms with van der Waals surface area (Å²) in [6.45, 7) is 6.80. The van der Waals surface area contributed by atoms with Crippen molar-refractivity contribution in [2.75, 3.05) is 36.4 Å². The van der Waals surface area contributed by atoms with Gasteiger partial charge in [0, 0.05) is 32.1 Å². The maximum Gasteiger partial charge on any atom is 0.416 e. The molecule has 4 N–H and O–H groups in total. The summed E-state index contributed by atoms with van der Waals surface area (Å²) in [5.41, 5.74) is 4.42. The molecule has 198 valence electrons.